The van der Waals surface area contributed by atoms with Gasteiger partial charge in [0.2, 0.25) is 0 Å². The van der Waals surface area contributed by atoms with Crippen LogP contribution in [0, 0.1) is 6.92 Å². The molecule has 0 atom stereocenters. The van der Waals surface area contributed by atoms with Gasteiger partial charge in [-0.2, -0.15) is 0 Å². The van der Waals surface area contributed by atoms with E-state index in [-0.39, 0.29) is 11.5 Å². The van der Waals surface area contributed by atoms with Crippen LogP contribution in [0.2, 0.25) is 5.15 Å². The second kappa shape index (κ2) is 7.50. The summed E-state index contributed by atoms with van der Waals surface area (Å²) in [5.41, 5.74) is 2.05. The molecule has 0 amide bonds. The molecule has 24 heavy (non-hydrogen) atoms. The van der Waals surface area contributed by atoms with Gasteiger partial charge in [0, 0.05) is 11.3 Å². The molecule has 2 aromatic rings. The predicted molar refractivity (Wildman–Crippen MR) is 98.3 cm³/mol. The number of hydrogen-bond donors (Lipinski definition) is 0. The minimum atomic E-state index is -3.32. The molecule has 0 aromatic carbocycles. The van der Waals surface area contributed by atoms with E-state index in [9.17, 15) is 8.42 Å². The molecule has 1 aliphatic carbocycles. The quantitative estimate of drug-likeness (QED) is 0.703. The molecule has 0 aliphatic heterocycles. The highest BCUT2D eigenvalue weighted by Crippen LogP contribution is 2.34. The summed E-state index contributed by atoms with van der Waals surface area (Å²) in [7, 11) is -3.32. The van der Waals surface area contributed by atoms with Crippen molar-refractivity contribution in [2.45, 2.75) is 56.5 Å². The maximum Gasteiger partial charge on any atom is 0.161 e. The molecule has 0 N–H and O–H groups in total. The number of hydrogen-bond acceptors (Lipinski definition) is 5. The summed E-state index contributed by atoms with van der Waals surface area (Å²) in [6.07, 6.45) is 6.14. The molecule has 1 saturated carbocycles. The normalized spacial score (nSPS) is 16.4. The third kappa shape index (κ3) is 4.77. The van der Waals surface area contributed by atoms with Crippen LogP contribution < -0.4 is 0 Å². The third-order valence-electron chi connectivity index (χ3n) is 4.25. The van der Waals surface area contributed by atoms with Crippen LogP contribution in [0.25, 0.3) is 0 Å². The smallest absolute Gasteiger partial charge is 0.161 e. The molecular weight excluding hydrogens is 364 g/mol. The van der Waals surface area contributed by atoms with Crippen LogP contribution in [0.4, 0.5) is 0 Å². The van der Waals surface area contributed by atoms with Gasteiger partial charge in [-0.25, -0.2) is 18.4 Å². The van der Waals surface area contributed by atoms with E-state index in [2.05, 4.69) is 9.97 Å². The van der Waals surface area contributed by atoms with Crippen LogP contribution in [0.5, 0.6) is 0 Å². The van der Waals surface area contributed by atoms with E-state index in [0.717, 1.165) is 10.6 Å². The second-order valence-electron chi connectivity index (χ2n) is 6.50. The lowest BCUT2D eigenvalue weighted by Gasteiger charge is -2.18. The number of halogens is 1. The molecule has 1 fully saturated rings. The fraction of sp³-hybridized carbons (Fsp3) is 0.529. The minimum Gasteiger partial charge on any atom is -0.245 e. The molecule has 4 nitrogen and oxygen atoms in total. The first-order valence-corrected chi connectivity index (χ1v) is 11.3. The summed E-state index contributed by atoms with van der Waals surface area (Å²) in [4.78, 5) is 8.70. The maximum atomic E-state index is 12.5. The summed E-state index contributed by atoms with van der Waals surface area (Å²) < 4.78 is 24.9. The number of aromatic nitrogens is 2. The third-order valence-corrected chi connectivity index (χ3v) is 6.97. The Morgan fingerprint density at radius 2 is 1.83 bits per heavy atom. The average molecular weight is 385 g/mol. The lowest BCUT2D eigenvalue weighted by Crippen LogP contribution is -2.10. The Morgan fingerprint density at radius 3 is 2.54 bits per heavy atom. The Balaban J connectivity index is 1.69. The van der Waals surface area contributed by atoms with Crippen molar-refractivity contribution < 1.29 is 8.42 Å². The summed E-state index contributed by atoms with van der Waals surface area (Å²) in [5, 5.41) is 3.31. The molecule has 2 heterocycles. The first kappa shape index (κ1) is 17.8. The van der Waals surface area contributed by atoms with E-state index in [1.807, 2.05) is 12.3 Å². The van der Waals surface area contributed by atoms with Crippen molar-refractivity contribution in [3.05, 3.63) is 44.6 Å². The van der Waals surface area contributed by atoms with Gasteiger partial charge in [0.1, 0.15) is 5.15 Å². The lowest BCUT2D eigenvalue weighted by molar-refractivity contribution is 0.442. The monoisotopic (exact) mass is 384 g/mol. The van der Waals surface area contributed by atoms with Crippen LogP contribution in [0.3, 0.4) is 0 Å². The van der Waals surface area contributed by atoms with Crippen LogP contribution in [0.15, 0.2) is 17.5 Å². The number of thiazole rings is 1. The van der Waals surface area contributed by atoms with E-state index >= 15 is 0 Å². The Morgan fingerprint density at radius 1 is 1.12 bits per heavy atom. The van der Waals surface area contributed by atoms with Gasteiger partial charge in [-0.05, 0) is 37.5 Å². The first-order chi connectivity index (χ1) is 11.4. The van der Waals surface area contributed by atoms with Gasteiger partial charge in [-0.1, -0.05) is 30.9 Å². The molecule has 0 saturated heterocycles. The van der Waals surface area contributed by atoms with Gasteiger partial charge >= 0.3 is 0 Å². The molecule has 7 heteroatoms. The molecule has 0 unspecified atom stereocenters. The fourth-order valence-electron chi connectivity index (χ4n) is 3.20. The Hall–Kier alpha value is -0.980. The van der Waals surface area contributed by atoms with Crippen molar-refractivity contribution in [1.82, 2.24) is 9.97 Å². The largest absolute Gasteiger partial charge is 0.245 e. The van der Waals surface area contributed by atoms with E-state index in [0.29, 0.717) is 22.5 Å². The zero-order valence-corrected chi connectivity index (χ0v) is 16.1. The fourth-order valence-corrected chi connectivity index (χ4v) is 5.87. The molecule has 130 valence electrons. The van der Waals surface area contributed by atoms with Gasteiger partial charge < -0.3 is 0 Å². The highest BCUT2D eigenvalue weighted by atomic mass is 35.5. The van der Waals surface area contributed by atoms with E-state index < -0.39 is 9.84 Å². The zero-order chi connectivity index (χ0) is 17.2. The number of nitrogens with zero attached hydrogens (tertiary/aromatic N) is 2. The number of sulfone groups is 1. The first-order valence-electron chi connectivity index (χ1n) is 8.19. The standard InChI is InChI=1S/C17H21ClN2O2S2/c1-12-7-14(19-16(18)8-12)10-24(21,22)11-15-9-23-17(20-15)13-5-3-2-4-6-13/h7-9,13H,2-6,10-11H2,1H3. The molecule has 0 radical (unpaired) electrons. The predicted octanol–water partition coefficient (Wildman–Crippen LogP) is 4.66. The Labute approximate surface area is 152 Å². The van der Waals surface area contributed by atoms with Crippen LogP contribution in [-0.4, -0.2) is 18.4 Å². The highest BCUT2D eigenvalue weighted by molar-refractivity contribution is 7.89. The number of rotatable bonds is 5. The summed E-state index contributed by atoms with van der Waals surface area (Å²) >= 11 is 7.51. The second-order valence-corrected chi connectivity index (χ2v) is 9.84. The van der Waals surface area contributed by atoms with E-state index in [1.165, 1.54) is 32.1 Å². The van der Waals surface area contributed by atoms with Crippen LogP contribution in [-0.2, 0) is 21.3 Å². The van der Waals surface area contributed by atoms with Crippen LogP contribution >= 0.6 is 22.9 Å². The topological polar surface area (TPSA) is 59.9 Å². The van der Waals surface area contributed by atoms with Crippen molar-refractivity contribution in [2.75, 3.05) is 0 Å². The highest BCUT2D eigenvalue weighted by Gasteiger charge is 2.21. The SMILES string of the molecule is Cc1cc(Cl)nc(CS(=O)(=O)Cc2csc(C3CCCCC3)n2)c1. The Bertz CT molecular complexity index is 791. The van der Waals surface area contributed by atoms with Crippen molar-refractivity contribution in [3.63, 3.8) is 0 Å². The van der Waals surface area contributed by atoms with E-state index in [4.69, 9.17) is 11.6 Å². The molecule has 3 rings (SSSR count). The van der Waals surface area contributed by atoms with Gasteiger partial charge in [0.05, 0.1) is 27.9 Å². The number of pyridine rings is 1. The molecule has 2 aromatic heterocycles. The Kier molecular flexibility index (Phi) is 5.57. The molecule has 1 aliphatic rings. The zero-order valence-electron chi connectivity index (χ0n) is 13.7. The molecule has 0 spiro atoms. The van der Waals surface area contributed by atoms with Gasteiger partial charge in [-0.15, -0.1) is 11.3 Å². The lowest BCUT2D eigenvalue weighted by atomic mass is 9.90. The molecular formula is C17H21ClN2O2S2. The van der Waals surface area contributed by atoms with Gasteiger partial charge in [-0.3, -0.25) is 0 Å². The van der Waals surface area contributed by atoms with Crippen molar-refractivity contribution in [1.29, 1.82) is 0 Å². The van der Waals surface area contributed by atoms with E-state index in [1.54, 1.807) is 23.5 Å². The molecule has 0 bridgehead atoms. The van der Waals surface area contributed by atoms with Gasteiger partial charge in [0.25, 0.3) is 0 Å². The van der Waals surface area contributed by atoms with Crippen LogP contribution in [0.1, 0.15) is 60.0 Å². The minimum absolute atomic E-state index is 0.0382. The average Bonchev–Trinajstić information content (AvgIpc) is 2.94. The van der Waals surface area contributed by atoms with Crippen molar-refractivity contribution in [2.24, 2.45) is 0 Å². The van der Waals surface area contributed by atoms with Gasteiger partial charge in [0.15, 0.2) is 9.84 Å². The number of aryl methyl sites for hydroxylation is 1. The summed E-state index contributed by atoms with van der Waals surface area (Å²) in [6, 6.07) is 3.48. The van der Waals surface area contributed by atoms with Crippen molar-refractivity contribution in [3.8, 4) is 0 Å². The summed E-state index contributed by atoms with van der Waals surface area (Å²) in [6.45, 7) is 1.88. The summed E-state index contributed by atoms with van der Waals surface area (Å²) in [5.74, 6) is 0.367. The maximum absolute atomic E-state index is 12.5. The van der Waals surface area contributed by atoms with Crippen molar-refractivity contribution >= 4 is 32.8 Å².